The molecule has 1 aliphatic rings. The smallest absolute Gasteiger partial charge is 0.231 e. The molecule has 1 aromatic carbocycles. The lowest BCUT2D eigenvalue weighted by atomic mass is 9.98. The van der Waals surface area contributed by atoms with Crippen molar-refractivity contribution in [3.63, 3.8) is 0 Å². The van der Waals surface area contributed by atoms with Crippen LogP contribution in [0.15, 0.2) is 53.0 Å². The maximum absolute atomic E-state index is 12.5. The van der Waals surface area contributed by atoms with Crippen LogP contribution in [0.3, 0.4) is 0 Å². The molecule has 2 heterocycles. The van der Waals surface area contributed by atoms with Gasteiger partial charge in [-0.25, -0.2) is 0 Å². The lowest BCUT2D eigenvalue weighted by Crippen LogP contribution is -2.47. The molecule has 8 heteroatoms. The topological polar surface area (TPSA) is 83.6 Å². The number of amides is 1. The first-order valence-electron chi connectivity index (χ1n) is 9.00. The number of hydrogen-bond acceptors (Lipinski definition) is 6. The van der Waals surface area contributed by atoms with E-state index in [0.29, 0.717) is 5.16 Å². The van der Waals surface area contributed by atoms with Crippen molar-refractivity contribution in [1.82, 2.24) is 20.1 Å². The highest BCUT2D eigenvalue weighted by Gasteiger charge is 2.43. The van der Waals surface area contributed by atoms with Crippen molar-refractivity contribution >= 4 is 29.0 Å². The van der Waals surface area contributed by atoms with Crippen LogP contribution in [-0.4, -0.2) is 32.0 Å². The van der Waals surface area contributed by atoms with Crippen LogP contribution in [-0.2, 0) is 4.79 Å². The van der Waals surface area contributed by atoms with E-state index < -0.39 is 5.54 Å². The number of para-hydroxylation sites is 1. The number of nitrogens with one attached hydrogen (secondary N) is 1. The zero-order valence-corrected chi connectivity index (χ0v) is 17.0. The van der Waals surface area contributed by atoms with Crippen LogP contribution in [0.4, 0.5) is 0 Å². The Kier molecular flexibility index (Phi) is 5.20. The van der Waals surface area contributed by atoms with Gasteiger partial charge >= 0.3 is 0 Å². The van der Waals surface area contributed by atoms with Gasteiger partial charge in [-0.3, -0.25) is 9.36 Å². The summed E-state index contributed by atoms with van der Waals surface area (Å²) >= 11 is 2.92. The summed E-state index contributed by atoms with van der Waals surface area (Å²) in [6, 6.07) is 16.1. The Morgan fingerprint density at radius 2 is 2.11 bits per heavy atom. The van der Waals surface area contributed by atoms with E-state index in [9.17, 15) is 10.1 Å². The number of thioether (sulfide) groups is 1. The molecule has 3 aromatic rings. The van der Waals surface area contributed by atoms with Crippen LogP contribution in [0.1, 0.15) is 19.8 Å². The first-order valence-corrected chi connectivity index (χ1v) is 10.9. The predicted molar refractivity (Wildman–Crippen MR) is 110 cm³/mol. The molecule has 6 nitrogen and oxygen atoms in total. The normalized spacial score (nSPS) is 15.6. The fraction of sp³-hybridized carbons (Fsp3) is 0.300. The molecule has 0 saturated heterocycles. The molecule has 4 rings (SSSR count). The van der Waals surface area contributed by atoms with Gasteiger partial charge in [0.05, 0.1) is 16.7 Å². The molecule has 1 fully saturated rings. The number of benzene rings is 1. The van der Waals surface area contributed by atoms with E-state index in [-0.39, 0.29) is 17.6 Å². The molecule has 28 heavy (non-hydrogen) atoms. The summed E-state index contributed by atoms with van der Waals surface area (Å²) in [6.07, 6.45) is 1.98. The maximum Gasteiger partial charge on any atom is 0.231 e. The molecular formula is C20H19N5OS2. The van der Waals surface area contributed by atoms with Crippen LogP contribution in [0.25, 0.3) is 16.4 Å². The Morgan fingerprint density at radius 1 is 1.32 bits per heavy atom. The van der Waals surface area contributed by atoms with Gasteiger partial charge in [0.2, 0.25) is 5.91 Å². The minimum absolute atomic E-state index is 0.166. The summed E-state index contributed by atoms with van der Waals surface area (Å²) in [5, 5.41) is 23.7. The Balaban J connectivity index is 1.55. The highest BCUT2D eigenvalue weighted by molar-refractivity contribution is 7.99. The second-order valence-electron chi connectivity index (χ2n) is 6.88. The lowest BCUT2D eigenvalue weighted by molar-refractivity contribution is -0.119. The Bertz CT molecular complexity index is 1010. The van der Waals surface area contributed by atoms with Gasteiger partial charge in [0.15, 0.2) is 11.0 Å². The summed E-state index contributed by atoms with van der Waals surface area (Å²) in [5.41, 5.74) is 0.158. The zero-order chi connectivity index (χ0) is 19.6. The van der Waals surface area contributed by atoms with Crippen molar-refractivity contribution in [1.29, 1.82) is 5.26 Å². The molecule has 1 atom stereocenters. The highest BCUT2D eigenvalue weighted by atomic mass is 32.2. The standard InChI is InChI=1S/C20H19N5OS2/c1-20(13-21,14-9-10-14)22-17(26)12-28-19-24-23-18(16-8-5-11-27-16)25(19)15-6-3-2-4-7-15/h2-8,11,14H,9-10,12H2,1H3,(H,22,26). The van der Waals surface area contributed by atoms with E-state index in [1.807, 2.05) is 52.4 Å². The quantitative estimate of drug-likeness (QED) is 0.599. The molecule has 0 radical (unpaired) electrons. The SMILES string of the molecule is CC(C#N)(NC(=O)CSc1nnc(-c2cccs2)n1-c1ccccc1)C1CC1. The van der Waals surface area contributed by atoms with Gasteiger partial charge in [0, 0.05) is 5.69 Å². The lowest BCUT2D eigenvalue weighted by Gasteiger charge is -2.22. The molecule has 2 aromatic heterocycles. The summed E-state index contributed by atoms with van der Waals surface area (Å²) in [5.74, 6) is 1.02. The number of rotatable bonds is 7. The fourth-order valence-electron chi connectivity index (χ4n) is 3.08. The Labute approximate surface area is 171 Å². The maximum atomic E-state index is 12.5. The van der Waals surface area contributed by atoms with Gasteiger partial charge < -0.3 is 5.32 Å². The minimum atomic E-state index is -0.785. The number of thiophene rings is 1. The van der Waals surface area contributed by atoms with E-state index in [1.165, 1.54) is 11.8 Å². The molecule has 1 saturated carbocycles. The van der Waals surface area contributed by atoms with Crippen molar-refractivity contribution in [2.24, 2.45) is 5.92 Å². The number of aromatic nitrogens is 3. The van der Waals surface area contributed by atoms with Crippen LogP contribution >= 0.6 is 23.1 Å². The molecule has 1 aliphatic carbocycles. The highest BCUT2D eigenvalue weighted by Crippen LogP contribution is 2.39. The van der Waals surface area contributed by atoms with Crippen molar-refractivity contribution < 1.29 is 4.79 Å². The summed E-state index contributed by atoms with van der Waals surface area (Å²) < 4.78 is 1.97. The first-order chi connectivity index (χ1) is 13.6. The van der Waals surface area contributed by atoms with Gasteiger partial charge in [0.25, 0.3) is 0 Å². The molecule has 142 valence electrons. The van der Waals surface area contributed by atoms with Crippen molar-refractivity contribution in [3.05, 3.63) is 47.8 Å². The number of carbonyl (C=O) groups excluding carboxylic acids is 1. The Morgan fingerprint density at radius 3 is 2.75 bits per heavy atom. The van der Waals surface area contributed by atoms with Gasteiger partial charge in [-0.05, 0) is 49.3 Å². The summed E-state index contributed by atoms with van der Waals surface area (Å²) in [6.45, 7) is 1.80. The molecular weight excluding hydrogens is 390 g/mol. The summed E-state index contributed by atoms with van der Waals surface area (Å²) in [7, 11) is 0. The number of nitriles is 1. The predicted octanol–water partition coefficient (Wildman–Crippen LogP) is 3.90. The second-order valence-corrected chi connectivity index (χ2v) is 8.77. The number of hydrogen-bond donors (Lipinski definition) is 1. The number of nitrogens with zero attached hydrogens (tertiary/aromatic N) is 4. The monoisotopic (exact) mass is 409 g/mol. The molecule has 1 unspecified atom stereocenters. The molecule has 0 aliphatic heterocycles. The molecule has 0 spiro atoms. The van der Waals surface area contributed by atoms with Crippen LogP contribution in [0.5, 0.6) is 0 Å². The second kappa shape index (κ2) is 7.78. The fourth-order valence-corrected chi connectivity index (χ4v) is 4.53. The minimum Gasteiger partial charge on any atom is -0.337 e. The van der Waals surface area contributed by atoms with Crippen LogP contribution in [0, 0.1) is 17.2 Å². The van der Waals surface area contributed by atoms with E-state index in [2.05, 4.69) is 21.6 Å². The van der Waals surface area contributed by atoms with Gasteiger partial charge in [-0.1, -0.05) is 36.0 Å². The van der Waals surface area contributed by atoms with E-state index in [1.54, 1.807) is 18.3 Å². The third-order valence-electron chi connectivity index (χ3n) is 4.75. The van der Waals surface area contributed by atoms with Crippen molar-refractivity contribution in [3.8, 4) is 22.5 Å². The van der Waals surface area contributed by atoms with Gasteiger partial charge in [-0.15, -0.1) is 21.5 Å². The first kappa shape index (κ1) is 18.7. The van der Waals surface area contributed by atoms with Crippen molar-refractivity contribution in [2.45, 2.75) is 30.5 Å². The summed E-state index contributed by atoms with van der Waals surface area (Å²) in [4.78, 5) is 13.5. The third kappa shape index (κ3) is 3.81. The average Bonchev–Trinajstić information content (AvgIpc) is 3.28. The molecule has 1 N–H and O–H groups in total. The average molecular weight is 410 g/mol. The van der Waals surface area contributed by atoms with Gasteiger partial charge in [0.1, 0.15) is 5.54 Å². The molecule has 0 bridgehead atoms. The third-order valence-corrected chi connectivity index (χ3v) is 6.54. The van der Waals surface area contributed by atoms with E-state index in [4.69, 9.17) is 0 Å². The van der Waals surface area contributed by atoms with Crippen LogP contribution < -0.4 is 5.32 Å². The van der Waals surface area contributed by atoms with E-state index >= 15 is 0 Å². The van der Waals surface area contributed by atoms with Crippen molar-refractivity contribution in [2.75, 3.05) is 5.75 Å². The number of carbonyl (C=O) groups is 1. The zero-order valence-electron chi connectivity index (χ0n) is 15.3. The van der Waals surface area contributed by atoms with Crippen LogP contribution in [0.2, 0.25) is 0 Å². The van der Waals surface area contributed by atoms with E-state index in [0.717, 1.165) is 29.2 Å². The molecule has 1 amide bonds. The van der Waals surface area contributed by atoms with Gasteiger partial charge in [-0.2, -0.15) is 5.26 Å². The Hall–Kier alpha value is -2.63. The largest absolute Gasteiger partial charge is 0.337 e.